The van der Waals surface area contributed by atoms with Crippen LogP contribution in [0.2, 0.25) is 0 Å². The molecule has 0 unspecified atom stereocenters. The highest BCUT2D eigenvalue weighted by Crippen LogP contribution is 2.26. The minimum Gasteiger partial charge on any atom is -0.339 e. The average molecular weight is 348 g/mol. The lowest BCUT2D eigenvalue weighted by Crippen LogP contribution is -2.50. The van der Waals surface area contributed by atoms with E-state index in [9.17, 15) is 4.79 Å². The number of anilines is 1. The highest BCUT2D eigenvalue weighted by atomic mass is 16.5. The fraction of sp³-hybridized carbons (Fsp3) is 0.250. The zero-order valence-electron chi connectivity index (χ0n) is 14.6. The Hall–Kier alpha value is -3.15. The number of nitrogens with one attached hydrogen (secondary N) is 1. The van der Waals surface area contributed by atoms with E-state index in [0.29, 0.717) is 31.2 Å². The van der Waals surface area contributed by atoms with Gasteiger partial charge in [-0.05, 0) is 24.6 Å². The van der Waals surface area contributed by atoms with Gasteiger partial charge in [0, 0.05) is 25.2 Å². The van der Waals surface area contributed by atoms with E-state index >= 15 is 0 Å². The van der Waals surface area contributed by atoms with Gasteiger partial charge >= 0.3 is 6.03 Å². The summed E-state index contributed by atoms with van der Waals surface area (Å²) < 4.78 is 5.38. The Kier molecular flexibility index (Phi) is 4.39. The molecule has 0 atom stereocenters. The second-order valence-corrected chi connectivity index (χ2v) is 6.61. The van der Waals surface area contributed by atoms with Crippen molar-refractivity contribution in [2.45, 2.75) is 19.3 Å². The Labute approximate surface area is 151 Å². The smallest absolute Gasteiger partial charge is 0.321 e. The van der Waals surface area contributed by atoms with Crippen LogP contribution < -0.4 is 5.32 Å². The lowest BCUT2D eigenvalue weighted by Gasteiger charge is -2.36. The van der Waals surface area contributed by atoms with E-state index in [1.807, 2.05) is 61.5 Å². The summed E-state index contributed by atoms with van der Waals surface area (Å²) in [6.45, 7) is 3.19. The molecular weight excluding hydrogens is 328 g/mol. The predicted octanol–water partition coefficient (Wildman–Crippen LogP) is 3.60. The van der Waals surface area contributed by atoms with Gasteiger partial charge in [0.25, 0.3) is 0 Å². The van der Waals surface area contributed by atoms with E-state index in [1.165, 1.54) is 0 Å². The number of aryl methyl sites for hydroxylation is 1. The van der Waals surface area contributed by atoms with Crippen LogP contribution in [0, 0.1) is 6.92 Å². The number of amides is 2. The molecular formula is C20H20N4O2. The molecule has 1 fully saturated rings. The van der Waals surface area contributed by atoms with Gasteiger partial charge < -0.3 is 14.7 Å². The van der Waals surface area contributed by atoms with Crippen LogP contribution in [-0.2, 0) is 6.42 Å². The summed E-state index contributed by atoms with van der Waals surface area (Å²) in [4.78, 5) is 18.5. The summed E-state index contributed by atoms with van der Waals surface area (Å²) in [5, 5.41) is 6.96. The Morgan fingerprint density at radius 2 is 1.88 bits per heavy atom. The van der Waals surface area contributed by atoms with Crippen LogP contribution in [0.25, 0.3) is 0 Å². The second kappa shape index (κ2) is 7.00. The summed E-state index contributed by atoms with van der Waals surface area (Å²) in [5.74, 6) is 1.39. The third-order valence-corrected chi connectivity index (χ3v) is 4.51. The largest absolute Gasteiger partial charge is 0.339 e. The molecule has 6 heteroatoms. The molecule has 1 aromatic heterocycles. The van der Waals surface area contributed by atoms with E-state index in [1.54, 1.807) is 4.90 Å². The molecule has 1 aliphatic rings. The highest BCUT2D eigenvalue weighted by molar-refractivity contribution is 5.90. The van der Waals surface area contributed by atoms with Crippen LogP contribution in [0.15, 0.2) is 59.1 Å². The molecule has 2 aromatic carbocycles. The van der Waals surface area contributed by atoms with Gasteiger partial charge in [-0.2, -0.15) is 4.98 Å². The summed E-state index contributed by atoms with van der Waals surface area (Å²) in [6.07, 6.45) is 0.648. The van der Waals surface area contributed by atoms with Crippen LogP contribution >= 0.6 is 0 Å². The number of urea groups is 1. The van der Waals surface area contributed by atoms with E-state index in [-0.39, 0.29) is 11.9 Å². The first kappa shape index (κ1) is 16.3. The van der Waals surface area contributed by atoms with Gasteiger partial charge in [-0.1, -0.05) is 53.2 Å². The molecule has 2 amide bonds. The molecule has 3 aromatic rings. The maximum Gasteiger partial charge on any atom is 0.321 e. The topological polar surface area (TPSA) is 71.3 Å². The number of aromatic nitrogens is 2. The highest BCUT2D eigenvalue weighted by Gasteiger charge is 2.35. The first-order valence-corrected chi connectivity index (χ1v) is 8.66. The van der Waals surface area contributed by atoms with Crippen molar-refractivity contribution >= 4 is 11.7 Å². The molecule has 0 aliphatic carbocycles. The number of likely N-dealkylation sites (tertiary alicyclic amines) is 1. The molecule has 0 spiro atoms. The number of nitrogens with zero attached hydrogens (tertiary/aromatic N) is 3. The van der Waals surface area contributed by atoms with Crippen molar-refractivity contribution in [2.75, 3.05) is 18.4 Å². The molecule has 26 heavy (non-hydrogen) atoms. The molecule has 0 saturated carbocycles. The lowest BCUT2D eigenvalue weighted by atomic mass is 10.0. The quantitative estimate of drug-likeness (QED) is 0.782. The van der Waals surface area contributed by atoms with E-state index in [2.05, 4.69) is 15.5 Å². The number of rotatable bonds is 4. The van der Waals surface area contributed by atoms with Crippen molar-refractivity contribution in [3.05, 3.63) is 77.4 Å². The SMILES string of the molecule is Cc1ccc(NC(=O)N2CC(c3nc(Cc4ccccc4)no3)C2)cc1. The molecule has 132 valence electrons. The number of hydrogen-bond donors (Lipinski definition) is 1. The van der Waals surface area contributed by atoms with Gasteiger partial charge in [0.05, 0.1) is 5.92 Å². The molecule has 1 N–H and O–H groups in total. The van der Waals surface area contributed by atoms with Crippen LogP contribution in [0.1, 0.15) is 28.8 Å². The Morgan fingerprint density at radius 1 is 1.15 bits per heavy atom. The van der Waals surface area contributed by atoms with Gasteiger partial charge in [-0.3, -0.25) is 0 Å². The fourth-order valence-electron chi connectivity index (χ4n) is 2.92. The molecule has 4 rings (SSSR count). The normalized spacial score (nSPS) is 14.1. The van der Waals surface area contributed by atoms with Crippen LogP contribution in [0.3, 0.4) is 0 Å². The summed E-state index contributed by atoms with van der Waals surface area (Å²) in [6, 6.07) is 17.7. The Bertz CT molecular complexity index is 884. The molecule has 1 aliphatic heterocycles. The van der Waals surface area contributed by atoms with Crippen molar-refractivity contribution in [1.29, 1.82) is 0 Å². The molecule has 0 bridgehead atoms. The molecule has 2 heterocycles. The van der Waals surface area contributed by atoms with E-state index in [4.69, 9.17) is 4.52 Å². The number of benzene rings is 2. The minimum absolute atomic E-state index is 0.103. The zero-order chi connectivity index (χ0) is 17.9. The zero-order valence-corrected chi connectivity index (χ0v) is 14.6. The van der Waals surface area contributed by atoms with Gasteiger partial charge in [0.2, 0.25) is 5.89 Å². The molecule has 0 radical (unpaired) electrons. The van der Waals surface area contributed by atoms with Crippen molar-refractivity contribution in [3.8, 4) is 0 Å². The third-order valence-electron chi connectivity index (χ3n) is 4.51. The third kappa shape index (κ3) is 3.59. The first-order valence-electron chi connectivity index (χ1n) is 8.66. The minimum atomic E-state index is -0.103. The van der Waals surface area contributed by atoms with E-state index < -0.39 is 0 Å². The number of carbonyl (C=O) groups excluding carboxylic acids is 1. The van der Waals surface area contributed by atoms with Crippen molar-refractivity contribution < 1.29 is 9.32 Å². The maximum atomic E-state index is 12.3. The summed E-state index contributed by atoms with van der Waals surface area (Å²) in [5.41, 5.74) is 3.11. The van der Waals surface area contributed by atoms with Crippen molar-refractivity contribution in [1.82, 2.24) is 15.0 Å². The summed E-state index contributed by atoms with van der Waals surface area (Å²) >= 11 is 0. The monoisotopic (exact) mass is 348 g/mol. The second-order valence-electron chi connectivity index (χ2n) is 6.61. The van der Waals surface area contributed by atoms with Crippen LogP contribution in [0.5, 0.6) is 0 Å². The Morgan fingerprint density at radius 3 is 2.62 bits per heavy atom. The first-order chi connectivity index (χ1) is 12.7. The van der Waals surface area contributed by atoms with Gasteiger partial charge in [-0.15, -0.1) is 0 Å². The van der Waals surface area contributed by atoms with Gasteiger partial charge in [0.1, 0.15) is 0 Å². The standard InChI is InChI=1S/C20H20N4O2/c1-14-7-9-17(10-8-14)21-20(25)24-12-16(13-24)19-22-18(23-26-19)11-15-5-3-2-4-6-15/h2-10,16H,11-13H2,1H3,(H,21,25). The molecule has 1 saturated heterocycles. The van der Waals surface area contributed by atoms with Crippen LogP contribution in [0.4, 0.5) is 10.5 Å². The van der Waals surface area contributed by atoms with Gasteiger partial charge in [-0.25, -0.2) is 4.79 Å². The lowest BCUT2D eigenvalue weighted by molar-refractivity contribution is 0.147. The average Bonchev–Trinajstić information content (AvgIpc) is 3.04. The predicted molar refractivity (Wildman–Crippen MR) is 98.1 cm³/mol. The van der Waals surface area contributed by atoms with Crippen LogP contribution in [-0.4, -0.2) is 34.2 Å². The fourth-order valence-corrected chi connectivity index (χ4v) is 2.92. The maximum absolute atomic E-state index is 12.3. The van der Waals surface area contributed by atoms with Crippen molar-refractivity contribution in [3.63, 3.8) is 0 Å². The summed E-state index contributed by atoms with van der Waals surface area (Å²) in [7, 11) is 0. The Balaban J connectivity index is 1.30. The number of carbonyl (C=O) groups is 1. The van der Waals surface area contributed by atoms with E-state index in [0.717, 1.165) is 16.8 Å². The van der Waals surface area contributed by atoms with Gasteiger partial charge in [0.15, 0.2) is 5.82 Å². The molecule has 6 nitrogen and oxygen atoms in total. The number of hydrogen-bond acceptors (Lipinski definition) is 4. The van der Waals surface area contributed by atoms with Crippen molar-refractivity contribution in [2.24, 2.45) is 0 Å².